The molecule has 0 aliphatic heterocycles. The van der Waals surface area contributed by atoms with Gasteiger partial charge in [-0.1, -0.05) is 36.4 Å². The van der Waals surface area contributed by atoms with Gasteiger partial charge in [0.1, 0.15) is 17.4 Å². The van der Waals surface area contributed by atoms with Crippen LogP contribution in [-0.2, 0) is 0 Å². The molecule has 0 saturated carbocycles. The van der Waals surface area contributed by atoms with Gasteiger partial charge in [0.05, 0.1) is 0 Å². The van der Waals surface area contributed by atoms with Crippen LogP contribution in [0.4, 0.5) is 0 Å². The van der Waals surface area contributed by atoms with Gasteiger partial charge in [-0.05, 0) is 37.1 Å². The van der Waals surface area contributed by atoms with E-state index in [1.165, 1.54) is 0 Å². The third-order valence-corrected chi connectivity index (χ3v) is 2.94. The second-order valence-corrected chi connectivity index (χ2v) is 4.48. The van der Waals surface area contributed by atoms with Gasteiger partial charge in [-0.15, -0.1) is 0 Å². The highest BCUT2D eigenvalue weighted by Crippen LogP contribution is 2.26. The number of aryl methyl sites for hydroxylation is 1. The van der Waals surface area contributed by atoms with Crippen molar-refractivity contribution in [1.82, 2.24) is 0 Å². The molecular weight excluding hydrogens is 240 g/mol. The molecule has 2 aromatic carbocycles. The lowest BCUT2D eigenvalue weighted by Crippen LogP contribution is -2.07. The fraction of sp³-hybridized carbons (Fsp3) is 0.188. The lowest BCUT2D eigenvalue weighted by molar-refractivity contribution is 0.0689. The zero-order valence-electron chi connectivity index (χ0n) is 11.0. The average molecular weight is 256 g/mol. The van der Waals surface area contributed by atoms with Gasteiger partial charge in [-0.25, -0.2) is 4.79 Å². The van der Waals surface area contributed by atoms with Crippen LogP contribution in [0.15, 0.2) is 48.5 Å². The fourth-order valence-electron chi connectivity index (χ4n) is 1.89. The second-order valence-electron chi connectivity index (χ2n) is 4.48. The summed E-state index contributed by atoms with van der Waals surface area (Å²) in [4.78, 5) is 11.2. The smallest absolute Gasteiger partial charge is 0.339 e. The highest BCUT2D eigenvalue weighted by atomic mass is 16.5. The summed E-state index contributed by atoms with van der Waals surface area (Å²) in [6, 6.07) is 14.8. The molecule has 1 N–H and O–H groups in total. The highest BCUT2D eigenvalue weighted by Gasteiger charge is 2.14. The number of ether oxygens (including phenoxy) is 1. The zero-order chi connectivity index (χ0) is 13.8. The van der Waals surface area contributed by atoms with Crippen LogP contribution in [0.1, 0.15) is 34.5 Å². The van der Waals surface area contributed by atoms with E-state index in [1.807, 2.05) is 44.2 Å². The number of aromatic carboxylic acids is 1. The van der Waals surface area contributed by atoms with Crippen molar-refractivity contribution in [2.24, 2.45) is 0 Å². The molecule has 0 aromatic heterocycles. The summed E-state index contributed by atoms with van der Waals surface area (Å²) in [5.74, 6) is -0.570. The summed E-state index contributed by atoms with van der Waals surface area (Å²) < 4.78 is 5.79. The van der Waals surface area contributed by atoms with Crippen molar-refractivity contribution in [3.63, 3.8) is 0 Å². The molecule has 98 valence electrons. The third kappa shape index (κ3) is 3.13. The van der Waals surface area contributed by atoms with Crippen molar-refractivity contribution in [2.75, 3.05) is 0 Å². The van der Waals surface area contributed by atoms with E-state index in [9.17, 15) is 4.79 Å². The van der Waals surface area contributed by atoms with E-state index in [-0.39, 0.29) is 11.7 Å². The molecule has 1 unspecified atom stereocenters. The summed E-state index contributed by atoms with van der Waals surface area (Å²) in [5.41, 5.74) is 2.17. The molecule has 2 aromatic rings. The molecule has 0 heterocycles. The number of hydrogen-bond donors (Lipinski definition) is 1. The van der Waals surface area contributed by atoms with E-state index in [2.05, 4.69) is 0 Å². The molecule has 3 heteroatoms. The van der Waals surface area contributed by atoms with Crippen LogP contribution in [0.2, 0.25) is 0 Å². The molecule has 0 saturated heterocycles. The summed E-state index contributed by atoms with van der Waals surface area (Å²) >= 11 is 0. The molecule has 0 aliphatic rings. The topological polar surface area (TPSA) is 46.5 Å². The van der Waals surface area contributed by atoms with E-state index in [1.54, 1.807) is 18.2 Å². The minimum absolute atomic E-state index is 0.188. The van der Waals surface area contributed by atoms with Crippen molar-refractivity contribution in [3.05, 3.63) is 65.2 Å². The Bertz CT molecular complexity index is 576. The third-order valence-electron chi connectivity index (χ3n) is 2.94. The van der Waals surface area contributed by atoms with Crippen LogP contribution in [0.25, 0.3) is 0 Å². The van der Waals surface area contributed by atoms with Crippen LogP contribution in [0, 0.1) is 6.92 Å². The largest absolute Gasteiger partial charge is 0.485 e. The Morgan fingerprint density at radius 3 is 2.47 bits per heavy atom. The Morgan fingerprint density at radius 2 is 1.84 bits per heavy atom. The quantitative estimate of drug-likeness (QED) is 0.904. The van der Waals surface area contributed by atoms with Crippen LogP contribution >= 0.6 is 0 Å². The van der Waals surface area contributed by atoms with Gasteiger partial charge in [0, 0.05) is 0 Å². The van der Waals surface area contributed by atoms with Gasteiger partial charge >= 0.3 is 5.97 Å². The first-order valence-corrected chi connectivity index (χ1v) is 6.13. The Kier molecular flexibility index (Phi) is 3.85. The first kappa shape index (κ1) is 13.1. The van der Waals surface area contributed by atoms with E-state index >= 15 is 0 Å². The normalized spacial score (nSPS) is 11.9. The predicted molar refractivity (Wildman–Crippen MR) is 73.6 cm³/mol. The lowest BCUT2D eigenvalue weighted by atomic mass is 10.1. The van der Waals surface area contributed by atoms with Gasteiger partial charge in [-0.2, -0.15) is 0 Å². The van der Waals surface area contributed by atoms with Crippen molar-refractivity contribution in [1.29, 1.82) is 0 Å². The monoisotopic (exact) mass is 256 g/mol. The predicted octanol–water partition coefficient (Wildman–Crippen LogP) is 3.83. The van der Waals surface area contributed by atoms with E-state index < -0.39 is 5.97 Å². The Hall–Kier alpha value is -2.29. The maximum absolute atomic E-state index is 11.2. The van der Waals surface area contributed by atoms with Crippen LogP contribution in [-0.4, -0.2) is 11.1 Å². The molecule has 0 fully saturated rings. The molecular formula is C16H16O3. The van der Waals surface area contributed by atoms with Crippen LogP contribution in [0.5, 0.6) is 5.75 Å². The molecule has 0 spiro atoms. The molecule has 3 nitrogen and oxygen atoms in total. The molecule has 2 rings (SSSR count). The molecule has 19 heavy (non-hydrogen) atoms. The van der Waals surface area contributed by atoms with E-state index in [0.29, 0.717) is 5.75 Å². The van der Waals surface area contributed by atoms with Crippen molar-refractivity contribution >= 4 is 5.97 Å². The number of carbonyl (C=O) groups is 1. The van der Waals surface area contributed by atoms with Gasteiger partial charge in [0.25, 0.3) is 0 Å². The maximum atomic E-state index is 11.2. The molecule has 0 radical (unpaired) electrons. The van der Waals surface area contributed by atoms with Crippen LogP contribution in [0.3, 0.4) is 0 Å². The van der Waals surface area contributed by atoms with Crippen LogP contribution < -0.4 is 4.74 Å². The average Bonchev–Trinajstić information content (AvgIpc) is 2.39. The molecule has 0 bridgehead atoms. The standard InChI is InChI=1S/C16H16O3/c1-11-8-9-14(16(17)18)15(10-11)19-12(2)13-6-4-3-5-7-13/h3-10,12H,1-2H3,(H,17,18). The Labute approximate surface area is 112 Å². The Balaban J connectivity index is 2.28. The summed E-state index contributed by atoms with van der Waals surface area (Å²) in [6.07, 6.45) is -0.193. The first-order valence-electron chi connectivity index (χ1n) is 6.13. The fourth-order valence-corrected chi connectivity index (χ4v) is 1.89. The van der Waals surface area contributed by atoms with Gasteiger partial charge in [-0.3, -0.25) is 0 Å². The highest BCUT2D eigenvalue weighted by molar-refractivity contribution is 5.91. The summed E-state index contributed by atoms with van der Waals surface area (Å²) in [7, 11) is 0. The Morgan fingerprint density at radius 1 is 1.16 bits per heavy atom. The SMILES string of the molecule is Cc1ccc(C(=O)O)c(OC(C)c2ccccc2)c1. The zero-order valence-corrected chi connectivity index (χ0v) is 11.0. The van der Waals surface area contributed by atoms with Gasteiger partial charge in [0.15, 0.2) is 0 Å². The molecule has 0 amide bonds. The number of carboxylic acid groups (broad SMARTS) is 1. The number of rotatable bonds is 4. The number of carboxylic acids is 1. The van der Waals surface area contributed by atoms with Crippen molar-refractivity contribution < 1.29 is 14.6 Å². The van der Waals surface area contributed by atoms with E-state index in [4.69, 9.17) is 9.84 Å². The number of benzene rings is 2. The van der Waals surface area contributed by atoms with Crippen molar-refractivity contribution in [2.45, 2.75) is 20.0 Å². The van der Waals surface area contributed by atoms with Gasteiger partial charge in [0.2, 0.25) is 0 Å². The number of hydrogen-bond acceptors (Lipinski definition) is 2. The minimum atomic E-state index is -0.977. The van der Waals surface area contributed by atoms with Gasteiger partial charge < -0.3 is 9.84 Å². The first-order chi connectivity index (χ1) is 9.08. The van der Waals surface area contributed by atoms with E-state index in [0.717, 1.165) is 11.1 Å². The maximum Gasteiger partial charge on any atom is 0.339 e. The second kappa shape index (κ2) is 5.57. The summed E-state index contributed by atoms with van der Waals surface area (Å²) in [5, 5.41) is 9.16. The van der Waals surface area contributed by atoms with Crippen molar-refractivity contribution in [3.8, 4) is 5.75 Å². The molecule has 1 atom stereocenters. The summed E-state index contributed by atoms with van der Waals surface area (Å²) in [6.45, 7) is 3.81. The molecule has 0 aliphatic carbocycles. The minimum Gasteiger partial charge on any atom is -0.485 e. The lowest BCUT2D eigenvalue weighted by Gasteiger charge is -2.17.